The second-order valence-electron chi connectivity index (χ2n) is 7.53. The lowest BCUT2D eigenvalue weighted by atomic mass is 10.1. The normalized spacial score (nSPS) is 17.6. The number of rotatable bonds is 3. The molecule has 178 valence electrons. The number of aliphatic carboxylic acids is 1. The van der Waals surface area contributed by atoms with Gasteiger partial charge < -0.3 is 25.4 Å². The van der Waals surface area contributed by atoms with Crippen molar-refractivity contribution in [1.82, 2.24) is 15.5 Å². The van der Waals surface area contributed by atoms with Crippen molar-refractivity contribution in [2.45, 2.75) is 31.9 Å². The molecule has 3 N–H and O–H groups in total. The Hall–Kier alpha value is -3.18. The van der Waals surface area contributed by atoms with Gasteiger partial charge in [0.15, 0.2) is 0 Å². The summed E-state index contributed by atoms with van der Waals surface area (Å²) in [6, 6.07) is 12.5. The molecule has 0 radical (unpaired) electrons. The fourth-order valence-corrected chi connectivity index (χ4v) is 3.46. The van der Waals surface area contributed by atoms with Crippen LogP contribution in [-0.4, -0.2) is 47.9 Å². The maximum Gasteiger partial charge on any atom is 0.490 e. The van der Waals surface area contributed by atoms with Crippen molar-refractivity contribution < 1.29 is 37.0 Å². The molecule has 4 rings (SSSR count). The summed E-state index contributed by atoms with van der Waals surface area (Å²) in [7, 11) is 0. The Morgan fingerprint density at radius 3 is 2.45 bits per heavy atom. The standard InChI is InChI=1S/C20H22FN3O2.C2HF3O2/c21-18-5-3-15(4-6-18)19-13-24(7-8-26-19)20(25)23-10-14-1-2-16-11-22-12-17(16)9-14;3-2(4,5)1(6)7/h1-6,9,19,22H,7-8,10-13H2,(H,23,25);(H,6,7). The molecule has 7 nitrogen and oxygen atoms in total. The Morgan fingerprint density at radius 1 is 1.12 bits per heavy atom. The number of carbonyl (C=O) groups excluding carboxylic acids is 1. The molecule has 1 saturated heterocycles. The minimum atomic E-state index is -5.08. The van der Waals surface area contributed by atoms with E-state index in [1.165, 1.54) is 23.3 Å². The molecule has 1 atom stereocenters. The van der Waals surface area contributed by atoms with Gasteiger partial charge in [-0.05, 0) is 34.4 Å². The van der Waals surface area contributed by atoms with Gasteiger partial charge in [0.25, 0.3) is 0 Å². The highest BCUT2D eigenvalue weighted by atomic mass is 19.4. The minimum absolute atomic E-state index is 0.0981. The number of benzene rings is 2. The number of nitrogens with one attached hydrogen (secondary N) is 2. The highest BCUT2D eigenvalue weighted by Gasteiger charge is 2.38. The van der Waals surface area contributed by atoms with Crippen molar-refractivity contribution >= 4 is 12.0 Å². The molecular weight excluding hydrogens is 446 g/mol. The van der Waals surface area contributed by atoms with E-state index in [9.17, 15) is 22.4 Å². The zero-order chi connectivity index (χ0) is 24.0. The van der Waals surface area contributed by atoms with E-state index in [0.717, 1.165) is 24.2 Å². The van der Waals surface area contributed by atoms with Crippen molar-refractivity contribution in [3.63, 3.8) is 0 Å². The lowest BCUT2D eigenvalue weighted by molar-refractivity contribution is -0.192. The zero-order valence-electron chi connectivity index (χ0n) is 17.5. The van der Waals surface area contributed by atoms with Gasteiger partial charge in [-0.15, -0.1) is 0 Å². The zero-order valence-corrected chi connectivity index (χ0v) is 17.5. The number of fused-ring (bicyclic) bond motifs is 1. The molecule has 11 heteroatoms. The smallest absolute Gasteiger partial charge is 0.475 e. The maximum atomic E-state index is 13.1. The second kappa shape index (κ2) is 10.6. The van der Waals surface area contributed by atoms with Gasteiger partial charge >= 0.3 is 18.2 Å². The van der Waals surface area contributed by atoms with Gasteiger partial charge in [0.1, 0.15) is 11.9 Å². The summed E-state index contributed by atoms with van der Waals surface area (Å²) in [5, 5.41) is 13.4. The Morgan fingerprint density at radius 2 is 1.79 bits per heavy atom. The molecule has 1 unspecified atom stereocenters. The van der Waals surface area contributed by atoms with Crippen LogP contribution in [0.2, 0.25) is 0 Å². The predicted molar refractivity (Wildman–Crippen MR) is 110 cm³/mol. The third-order valence-electron chi connectivity index (χ3n) is 5.18. The molecule has 33 heavy (non-hydrogen) atoms. The van der Waals surface area contributed by atoms with E-state index in [-0.39, 0.29) is 18.0 Å². The Labute approximate surface area is 187 Å². The van der Waals surface area contributed by atoms with Crippen LogP contribution in [0.3, 0.4) is 0 Å². The number of ether oxygens (including phenoxy) is 1. The molecule has 0 bridgehead atoms. The van der Waals surface area contributed by atoms with E-state index in [4.69, 9.17) is 14.6 Å². The molecule has 0 saturated carbocycles. The molecule has 2 aliphatic heterocycles. The van der Waals surface area contributed by atoms with Crippen molar-refractivity contribution in [1.29, 1.82) is 0 Å². The van der Waals surface area contributed by atoms with Crippen LogP contribution in [-0.2, 0) is 29.2 Å². The van der Waals surface area contributed by atoms with Gasteiger partial charge in [0.05, 0.1) is 13.2 Å². The third-order valence-corrected chi connectivity index (χ3v) is 5.18. The quantitative estimate of drug-likeness (QED) is 0.600. The van der Waals surface area contributed by atoms with Gasteiger partial charge in [-0.2, -0.15) is 13.2 Å². The fraction of sp³-hybridized carbons (Fsp3) is 0.364. The highest BCUT2D eigenvalue weighted by molar-refractivity contribution is 5.74. The number of alkyl halides is 3. The van der Waals surface area contributed by atoms with Gasteiger partial charge in [0, 0.05) is 26.2 Å². The van der Waals surface area contributed by atoms with Crippen molar-refractivity contribution in [2.75, 3.05) is 19.7 Å². The van der Waals surface area contributed by atoms with Crippen LogP contribution in [0.15, 0.2) is 42.5 Å². The topological polar surface area (TPSA) is 90.9 Å². The molecule has 0 aromatic heterocycles. The van der Waals surface area contributed by atoms with Gasteiger partial charge in [-0.25, -0.2) is 14.0 Å². The number of nitrogens with zero attached hydrogens (tertiary/aromatic N) is 1. The molecule has 0 aliphatic carbocycles. The summed E-state index contributed by atoms with van der Waals surface area (Å²) in [6.45, 7) is 3.80. The molecule has 2 aliphatic rings. The Kier molecular flexibility index (Phi) is 7.88. The van der Waals surface area contributed by atoms with E-state index in [1.807, 2.05) is 0 Å². The van der Waals surface area contributed by atoms with Crippen molar-refractivity contribution in [2.24, 2.45) is 0 Å². The number of hydrogen-bond acceptors (Lipinski definition) is 4. The summed E-state index contributed by atoms with van der Waals surface area (Å²) >= 11 is 0. The first kappa shape index (κ1) is 24.5. The monoisotopic (exact) mass is 469 g/mol. The first-order valence-corrected chi connectivity index (χ1v) is 10.1. The second-order valence-corrected chi connectivity index (χ2v) is 7.53. The number of hydrogen-bond donors (Lipinski definition) is 3. The van der Waals surface area contributed by atoms with Crippen molar-refractivity contribution in [3.8, 4) is 0 Å². The van der Waals surface area contributed by atoms with Gasteiger partial charge in [0.2, 0.25) is 0 Å². The number of urea groups is 1. The third kappa shape index (κ3) is 6.90. The Bertz CT molecular complexity index is 983. The van der Waals surface area contributed by atoms with Crippen LogP contribution in [0, 0.1) is 5.82 Å². The summed E-state index contributed by atoms with van der Waals surface area (Å²) in [5.41, 5.74) is 4.62. The van der Waals surface area contributed by atoms with Crippen LogP contribution in [0.1, 0.15) is 28.4 Å². The minimum Gasteiger partial charge on any atom is -0.475 e. The predicted octanol–water partition coefficient (Wildman–Crippen LogP) is 3.35. The van der Waals surface area contributed by atoms with Crippen LogP contribution < -0.4 is 10.6 Å². The summed E-state index contributed by atoms with van der Waals surface area (Å²) in [6.07, 6.45) is -5.30. The number of carboxylic acids is 1. The molecule has 1 fully saturated rings. The molecular formula is C22H23F4N3O4. The maximum absolute atomic E-state index is 13.1. The molecule has 0 spiro atoms. The number of morpholine rings is 1. The van der Waals surface area contributed by atoms with Gasteiger partial charge in [-0.1, -0.05) is 30.3 Å². The highest BCUT2D eigenvalue weighted by Crippen LogP contribution is 2.23. The number of carboxylic acid groups (broad SMARTS) is 1. The van der Waals surface area contributed by atoms with Crippen LogP contribution in [0.4, 0.5) is 22.4 Å². The lowest BCUT2D eigenvalue weighted by Gasteiger charge is -2.33. The van der Waals surface area contributed by atoms with Crippen LogP contribution >= 0.6 is 0 Å². The SMILES string of the molecule is O=C(NCc1ccc2c(c1)CNC2)N1CCOC(c2ccc(F)cc2)C1.O=C(O)C(F)(F)F. The average Bonchev–Trinajstić information content (AvgIpc) is 3.26. The van der Waals surface area contributed by atoms with E-state index in [1.54, 1.807) is 17.0 Å². The van der Waals surface area contributed by atoms with E-state index in [0.29, 0.717) is 26.2 Å². The van der Waals surface area contributed by atoms with Crippen LogP contribution in [0.25, 0.3) is 0 Å². The van der Waals surface area contributed by atoms with E-state index in [2.05, 4.69) is 28.8 Å². The first-order valence-electron chi connectivity index (χ1n) is 10.1. The van der Waals surface area contributed by atoms with E-state index >= 15 is 0 Å². The van der Waals surface area contributed by atoms with Crippen molar-refractivity contribution in [3.05, 3.63) is 70.5 Å². The fourth-order valence-electron chi connectivity index (χ4n) is 3.46. The van der Waals surface area contributed by atoms with Crippen LogP contribution in [0.5, 0.6) is 0 Å². The molecule has 2 amide bonds. The summed E-state index contributed by atoms with van der Waals surface area (Å²) in [4.78, 5) is 23.2. The van der Waals surface area contributed by atoms with E-state index < -0.39 is 12.1 Å². The van der Waals surface area contributed by atoms with Gasteiger partial charge in [-0.3, -0.25) is 0 Å². The number of carbonyl (C=O) groups is 2. The molecule has 2 heterocycles. The number of amides is 2. The summed E-state index contributed by atoms with van der Waals surface area (Å²) in [5.74, 6) is -3.03. The average molecular weight is 469 g/mol. The largest absolute Gasteiger partial charge is 0.490 e. The first-order chi connectivity index (χ1) is 15.6. The lowest BCUT2D eigenvalue weighted by Crippen LogP contribution is -2.46. The summed E-state index contributed by atoms with van der Waals surface area (Å²) < 4.78 is 50.6. The Balaban J connectivity index is 0.000000383. The number of halogens is 4. The molecule has 2 aromatic carbocycles. The molecule has 2 aromatic rings.